The van der Waals surface area contributed by atoms with Crippen molar-refractivity contribution in [1.82, 2.24) is 29.7 Å². The number of hydrogen-bond acceptors (Lipinski definition) is 6. The molecule has 2 aromatic carbocycles. The first-order valence-electron chi connectivity index (χ1n) is 13.4. The van der Waals surface area contributed by atoms with Crippen molar-refractivity contribution in [2.24, 2.45) is 0 Å². The number of ether oxygens (including phenoxy) is 1. The number of hydrogen-bond donors (Lipinski definition) is 1. The van der Waals surface area contributed by atoms with Gasteiger partial charge in [-0.15, -0.1) is 13.2 Å². The van der Waals surface area contributed by atoms with Crippen LogP contribution in [0.25, 0.3) is 22.2 Å². The Hall–Kier alpha value is -4.44. The lowest BCUT2D eigenvalue weighted by atomic mass is 9.97. The highest BCUT2D eigenvalue weighted by Gasteiger charge is 2.42. The molecule has 0 aliphatic carbocycles. The van der Waals surface area contributed by atoms with Crippen LogP contribution < -0.4 is 10.1 Å². The Balaban J connectivity index is 1.40. The van der Waals surface area contributed by atoms with Gasteiger partial charge in [0.25, 0.3) is 5.91 Å². The molecule has 2 bridgehead atoms. The lowest BCUT2D eigenvalue weighted by molar-refractivity contribution is -0.0507. The molecule has 0 fully saturated rings. The van der Waals surface area contributed by atoms with Gasteiger partial charge in [0.2, 0.25) is 0 Å². The number of imidazole rings is 1. The van der Waals surface area contributed by atoms with Crippen molar-refractivity contribution in [3.63, 3.8) is 0 Å². The summed E-state index contributed by atoms with van der Waals surface area (Å²) in [5.74, 6) is 1.04. The summed E-state index contributed by atoms with van der Waals surface area (Å²) in [6.07, 6.45) is 7.80. The van der Waals surface area contributed by atoms with E-state index in [4.69, 9.17) is 19.7 Å². The molecular formula is C31H30F2N6O2. The topological polar surface area (TPSA) is 85.2 Å². The molecule has 1 amide bonds. The molecule has 1 N–H and O–H groups in total. The number of aromatic nitrogens is 4. The normalized spacial score (nSPS) is 17.8. The summed E-state index contributed by atoms with van der Waals surface area (Å²) in [5, 5.41) is 3.02. The Labute approximate surface area is 236 Å². The van der Waals surface area contributed by atoms with Crippen LogP contribution in [0, 0.1) is 0 Å². The summed E-state index contributed by atoms with van der Waals surface area (Å²) in [6.45, 7) is 10.2. The summed E-state index contributed by atoms with van der Waals surface area (Å²) in [6, 6.07) is 9.79. The minimum absolute atomic E-state index is 0.00212. The molecule has 210 valence electrons. The number of rotatable bonds is 9. The number of carbonyl (C=O) groups excluding carboxylic acids is 1. The van der Waals surface area contributed by atoms with Gasteiger partial charge in [-0.05, 0) is 50.1 Å². The van der Waals surface area contributed by atoms with Gasteiger partial charge in [-0.3, -0.25) is 9.69 Å². The summed E-state index contributed by atoms with van der Waals surface area (Å²) in [7, 11) is 0. The number of alkyl halides is 2. The van der Waals surface area contributed by atoms with Crippen LogP contribution in [0.4, 0.5) is 8.78 Å². The minimum atomic E-state index is -3.01. The third kappa shape index (κ3) is 4.48. The smallest absolute Gasteiger partial charge is 0.387 e. The number of halogens is 2. The van der Waals surface area contributed by atoms with E-state index in [2.05, 4.69) is 37.2 Å². The maximum absolute atomic E-state index is 13.3. The van der Waals surface area contributed by atoms with Gasteiger partial charge in [-0.1, -0.05) is 24.3 Å². The van der Waals surface area contributed by atoms with E-state index < -0.39 is 18.2 Å². The van der Waals surface area contributed by atoms with Crippen LogP contribution in [0.5, 0.6) is 5.75 Å². The van der Waals surface area contributed by atoms with Gasteiger partial charge < -0.3 is 14.6 Å². The average Bonchev–Trinajstić information content (AvgIpc) is 3.44. The summed E-state index contributed by atoms with van der Waals surface area (Å²) < 4.78 is 33.5. The van der Waals surface area contributed by atoms with E-state index in [-0.39, 0.29) is 17.7 Å². The quantitative estimate of drug-likeness (QED) is 0.263. The Bertz CT molecular complexity index is 1650. The molecule has 2 atom stereocenters. The van der Waals surface area contributed by atoms with Gasteiger partial charge >= 0.3 is 6.61 Å². The molecule has 41 heavy (non-hydrogen) atoms. The molecule has 0 spiro atoms. The van der Waals surface area contributed by atoms with Crippen LogP contribution >= 0.6 is 0 Å². The Morgan fingerprint density at radius 1 is 1.15 bits per heavy atom. The Morgan fingerprint density at radius 3 is 2.56 bits per heavy atom. The van der Waals surface area contributed by atoms with Crippen LogP contribution in [-0.2, 0) is 5.54 Å². The van der Waals surface area contributed by atoms with Crippen LogP contribution in [0.3, 0.4) is 0 Å². The van der Waals surface area contributed by atoms with Gasteiger partial charge in [0.15, 0.2) is 0 Å². The average molecular weight is 557 g/mol. The largest absolute Gasteiger partial charge is 0.434 e. The highest BCUT2D eigenvalue weighted by atomic mass is 19.3. The van der Waals surface area contributed by atoms with Crippen LogP contribution in [0.15, 0.2) is 74.1 Å². The second-order valence-electron chi connectivity index (χ2n) is 10.8. The molecule has 0 radical (unpaired) electrons. The molecule has 2 aliphatic heterocycles. The third-order valence-corrected chi connectivity index (χ3v) is 7.99. The molecular weight excluding hydrogens is 526 g/mol. The number of nitrogens with zero attached hydrogens (tertiary/aromatic N) is 5. The molecule has 6 rings (SSSR count). The molecule has 0 unspecified atom stereocenters. The van der Waals surface area contributed by atoms with E-state index in [1.807, 2.05) is 34.9 Å². The van der Waals surface area contributed by atoms with Crippen LogP contribution in [0.2, 0.25) is 0 Å². The van der Waals surface area contributed by atoms with E-state index in [9.17, 15) is 13.6 Å². The first-order valence-corrected chi connectivity index (χ1v) is 13.4. The van der Waals surface area contributed by atoms with Crippen molar-refractivity contribution in [2.75, 3.05) is 13.1 Å². The third-order valence-electron chi connectivity index (χ3n) is 7.99. The number of nitrogens with one attached hydrogen (secondary N) is 1. The van der Waals surface area contributed by atoms with E-state index in [1.165, 1.54) is 6.07 Å². The predicted octanol–water partition coefficient (Wildman–Crippen LogP) is 5.78. The molecule has 2 aromatic heterocycles. The fourth-order valence-corrected chi connectivity index (χ4v) is 5.97. The van der Waals surface area contributed by atoms with E-state index in [0.29, 0.717) is 42.3 Å². The van der Waals surface area contributed by atoms with Crippen molar-refractivity contribution in [1.29, 1.82) is 0 Å². The zero-order chi connectivity index (χ0) is 28.9. The van der Waals surface area contributed by atoms with Crippen molar-refractivity contribution in [3.05, 3.63) is 96.9 Å². The van der Waals surface area contributed by atoms with E-state index in [0.717, 1.165) is 22.2 Å². The van der Waals surface area contributed by atoms with Crippen LogP contribution in [-0.4, -0.2) is 50.0 Å². The number of amides is 1. The molecule has 4 heterocycles. The fraction of sp³-hybridized carbons (Fsp3) is 0.290. The standard InChI is InChI=1S/C31H30F2N6O2/c1-5-12-38(13-6-2)31(3,4)29-34-16-19(17-35-29)18-10-11-21-23(14-18)39-24-15-22(27(39)36-21)37-28(40)20-8-7-9-25(26(20)24)41-30(32)33/h5-11,14,16-17,22,24,30H,1-2,12-13,15H2,3-4H3,(H,37,40)/t22-,24-/m1/s1. The van der Waals surface area contributed by atoms with Crippen LogP contribution in [0.1, 0.15) is 59.9 Å². The highest BCUT2D eigenvalue weighted by Crippen LogP contribution is 2.47. The monoisotopic (exact) mass is 556 g/mol. The van der Waals surface area contributed by atoms with Crippen molar-refractivity contribution in [3.8, 4) is 16.9 Å². The van der Waals surface area contributed by atoms with Gasteiger partial charge in [0, 0.05) is 42.2 Å². The maximum atomic E-state index is 13.3. The molecule has 2 aliphatic rings. The highest BCUT2D eigenvalue weighted by molar-refractivity contribution is 5.98. The van der Waals surface area contributed by atoms with Gasteiger partial charge in [0.05, 0.1) is 28.7 Å². The second-order valence-corrected chi connectivity index (χ2v) is 10.8. The zero-order valence-electron chi connectivity index (χ0n) is 22.8. The van der Waals surface area contributed by atoms with E-state index in [1.54, 1.807) is 24.5 Å². The minimum Gasteiger partial charge on any atom is -0.434 e. The number of fused-ring (bicyclic) bond motifs is 9. The van der Waals surface area contributed by atoms with Crippen molar-refractivity contribution >= 4 is 16.9 Å². The molecule has 0 saturated carbocycles. The lowest BCUT2D eigenvalue weighted by Gasteiger charge is -2.35. The second kappa shape index (κ2) is 10.2. The maximum Gasteiger partial charge on any atom is 0.387 e. The fourth-order valence-electron chi connectivity index (χ4n) is 5.97. The summed E-state index contributed by atoms with van der Waals surface area (Å²) in [4.78, 5) is 29.4. The number of benzene rings is 2. The molecule has 10 heteroatoms. The SMILES string of the molecule is C=CCN(CC=C)C(C)(C)c1ncc(-c2ccc3nc4n(c3c2)[C@@H]2C[C@H]4NC(=O)c3cccc(OC(F)F)c32)cn1. The van der Waals surface area contributed by atoms with E-state index >= 15 is 0 Å². The van der Waals surface area contributed by atoms with Gasteiger partial charge in [-0.25, -0.2) is 15.0 Å². The zero-order valence-corrected chi connectivity index (χ0v) is 22.8. The first kappa shape index (κ1) is 26.8. The number of carbonyl (C=O) groups is 1. The Kier molecular flexibility index (Phi) is 6.65. The van der Waals surface area contributed by atoms with Crippen molar-refractivity contribution < 1.29 is 18.3 Å². The predicted molar refractivity (Wildman–Crippen MR) is 152 cm³/mol. The lowest BCUT2D eigenvalue weighted by Crippen LogP contribution is -2.43. The molecule has 0 saturated heterocycles. The first-order chi connectivity index (χ1) is 19.7. The molecule has 8 nitrogen and oxygen atoms in total. The molecule has 4 aromatic rings. The van der Waals surface area contributed by atoms with Crippen molar-refractivity contribution in [2.45, 2.75) is 44.5 Å². The van der Waals surface area contributed by atoms with Gasteiger partial charge in [-0.2, -0.15) is 8.78 Å². The summed E-state index contributed by atoms with van der Waals surface area (Å²) in [5.41, 5.74) is 3.61. The summed E-state index contributed by atoms with van der Waals surface area (Å²) >= 11 is 0. The van der Waals surface area contributed by atoms with Gasteiger partial charge in [0.1, 0.15) is 17.4 Å². The Morgan fingerprint density at radius 2 is 1.88 bits per heavy atom.